The van der Waals surface area contributed by atoms with E-state index in [9.17, 15) is 14.7 Å². The number of halogens is 1. The molecule has 20 heavy (non-hydrogen) atoms. The number of amides is 3. The van der Waals surface area contributed by atoms with Gasteiger partial charge in [-0.3, -0.25) is 9.69 Å². The van der Waals surface area contributed by atoms with Gasteiger partial charge in [0.2, 0.25) is 5.91 Å². The Hall–Kier alpha value is -1.59. The molecule has 1 aromatic rings. The van der Waals surface area contributed by atoms with Crippen LogP contribution in [0.3, 0.4) is 0 Å². The molecule has 1 fully saturated rings. The summed E-state index contributed by atoms with van der Waals surface area (Å²) in [5.41, 5.74) is 1.01. The Balaban J connectivity index is 2.04. The molecule has 108 valence electrons. The van der Waals surface area contributed by atoms with Gasteiger partial charge in [0, 0.05) is 19.5 Å². The Morgan fingerprint density at radius 3 is 2.60 bits per heavy atom. The third kappa shape index (κ3) is 3.49. The van der Waals surface area contributed by atoms with Gasteiger partial charge in [0.25, 0.3) is 0 Å². The second-order valence-corrected chi connectivity index (χ2v) is 5.06. The van der Waals surface area contributed by atoms with E-state index in [-0.39, 0.29) is 30.8 Å². The normalized spacial score (nSPS) is 17.5. The van der Waals surface area contributed by atoms with Crippen LogP contribution in [0.15, 0.2) is 30.3 Å². The number of aliphatic hydroxyl groups excluding tert-OH is 1. The van der Waals surface area contributed by atoms with Crippen LogP contribution in [0.4, 0.5) is 4.79 Å². The summed E-state index contributed by atoms with van der Waals surface area (Å²) in [6.07, 6.45) is -0.616. The lowest BCUT2D eigenvalue weighted by Gasteiger charge is -2.35. The summed E-state index contributed by atoms with van der Waals surface area (Å²) in [4.78, 5) is 26.7. The van der Waals surface area contributed by atoms with E-state index in [1.165, 1.54) is 0 Å². The van der Waals surface area contributed by atoms with E-state index in [0.717, 1.165) is 10.5 Å². The van der Waals surface area contributed by atoms with Crippen molar-refractivity contribution >= 4 is 23.5 Å². The number of hydrogen-bond donors (Lipinski definition) is 1. The van der Waals surface area contributed by atoms with Gasteiger partial charge in [-0.25, -0.2) is 4.79 Å². The van der Waals surface area contributed by atoms with E-state index >= 15 is 0 Å². The zero-order valence-corrected chi connectivity index (χ0v) is 11.8. The van der Waals surface area contributed by atoms with Crippen LogP contribution in [0, 0.1) is 0 Å². The van der Waals surface area contributed by atoms with Crippen molar-refractivity contribution in [1.29, 1.82) is 0 Å². The van der Waals surface area contributed by atoms with Crippen molar-refractivity contribution in [2.75, 3.05) is 19.0 Å². The highest BCUT2D eigenvalue weighted by Gasteiger charge is 2.32. The lowest BCUT2D eigenvalue weighted by atomic mass is 10.2. The Labute approximate surface area is 122 Å². The fourth-order valence-electron chi connectivity index (χ4n) is 2.13. The van der Waals surface area contributed by atoms with E-state index in [1.54, 1.807) is 4.90 Å². The van der Waals surface area contributed by atoms with Crippen LogP contribution in [0.25, 0.3) is 0 Å². The third-order valence-corrected chi connectivity index (χ3v) is 3.54. The number of aliphatic hydroxyl groups is 1. The monoisotopic (exact) mass is 296 g/mol. The van der Waals surface area contributed by atoms with E-state index in [1.807, 2.05) is 30.3 Å². The lowest BCUT2D eigenvalue weighted by molar-refractivity contribution is -0.132. The first-order valence-corrected chi connectivity index (χ1v) is 7.02. The summed E-state index contributed by atoms with van der Waals surface area (Å²) in [5.74, 6) is -0.265. The summed E-state index contributed by atoms with van der Waals surface area (Å²) in [5, 5.41) is 9.53. The summed E-state index contributed by atoms with van der Waals surface area (Å²) in [7, 11) is 0. The van der Waals surface area contributed by atoms with Gasteiger partial charge in [0.1, 0.15) is 0 Å². The number of carbonyl (C=O) groups is 2. The van der Waals surface area contributed by atoms with Crippen LogP contribution >= 0.6 is 11.6 Å². The van der Waals surface area contributed by atoms with E-state index in [2.05, 4.69) is 0 Å². The van der Waals surface area contributed by atoms with Gasteiger partial charge < -0.3 is 10.0 Å². The summed E-state index contributed by atoms with van der Waals surface area (Å²) < 4.78 is 0. The maximum Gasteiger partial charge on any atom is 0.327 e. The number of alkyl halides is 1. The van der Waals surface area contributed by atoms with Crippen molar-refractivity contribution in [3.05, 3.63) is 35.9 Å². The van der Waals surface area contributed by atoms with Crippen molar-refractivity contribution in [1.82, 2.24) is 9.80 Å². The van der Waals surface area contributed by atoms with Crippen LogP contribution in [0.2, 0.25) is 0 Å². The fourth-order valence-corrected chi connectivity index (χ4v) is 2.23. The van der Waals surface area contributed by atoms with E-state index in [0.29, 0.717) is 13.1 Å². The van der Waals surface area contributed by atoms with Crippen molar-refractivity contribution < 1.29 is 14.7 Å². The molecule has 1 aliphatic rings. The van der Waals surface area contributed by atoms with Crippen LogP contribution in [-0.2, 0) is 11.3 Å². The molecule has 0 radical (unpaired) electrons. The van der Waals surface area contributed by atoms with Crippen LogP contribution in [-0.4, -0.2) is 51.9 Å². The number of carbonyl (C=O) groups excluding carboxylic acids is 2. The Bertz CT molecular complexity index is 481. The van der Waals surface area contributed by atoms with Gasteiger partial charge in [0.15, 0.2) is 0 Å². The molecule has 1 heterocycles. The number of β-amino-alcohol motifs (C(OH)–C–C–N with tert-alkyl or cyclic N) is 1. The largest absolute Gasteiger partial charge is 0.390 e. The Kier molecular flexibility index (Phi) is 4.98. The maximum atomic E-state index is 12.3. The zero-order valence-electron chi connectivity index (χ0n) is 11.0. The van der Waals surface area contributed by atoms with Crippen LogP contribution in [0.1, 0.15) is 12.0 Å². The minimum atomic E-state index is -0.888. The van der Waals surface area contributed by atoms with Crippen molar-refractivity contribution in [2.24, 2.45) is 0 Å². The first kappa shape index (κ1) is 14.8. The van der Waals surface area contributed by atoms with Crippen molar-refractivity contribution in [3.8, 4) is 0 Å². The molecule has 1 aromatic carbocycles. The minimum Gasteiger partial charge on any atom is -0.390 e. The average Bonchev–Trinajstić information content (AvgIpc) is 2.47. The zero-order chi connectivity index (χ0) is 14.5. The topological polar surface area (TPSA) is 60.9 Å². The maximum absolute atomic E-state index is 12.3. The predicted octanol–water partition coefficient (Wildman–Crippen LogP) is 1.44. The summed E-state index contributed by atoms with van der Waals surface area (Å²) in [6, 6.07) is 9.22. The molecule has 1 unspecified atom stereocenters. The van der Waals surface area contributed by atoms with Gasteiger partial charge in [0.05, 0.1) is 18.5 Å². The molecule has 3 amide bonds. The number of rotatable bonds is 5. The number of urea groups is 1. The van der Waals surface area contributed by atoms with Gasteiger partial charge in [-0.05, 0) is 5.56 Å². The standard InChI is InChI=1S/C14H17ClN2O3/c15-8-12(18)10-17-13(19)6-7-16(14(17)20)9-11-4-2-1-3-5-11/h1-5,12,18H,6-10H2. The Morgan fingerprint density at radius 2 is 1.95 bits per heavy atom. The molecule has 1 N–H and O–H groups in total. The molecular formula is C14H17ClN2O3. The molecule has 2 rings (SSSR count). The fraction of sp³-hybridized carbons (Fsp3) is 0.429. The number of hydrogen-bond acceptors (Lipinski definition) is 3. The molecule has 1 aliphatic heterocycles. The van der Waals surface area contributed by atoms with Gasteiger partial charge in [-0.2, -0.15) is 0 Å². The summed E-state index contributed by atoms with van der Waals surface area (Å²) >= 11 is 5.52. The number of benzene rings is 1. The first-order chi connectivity index (χ1) is 9.61. The highest BCUT2D eigenvalue weighted by molar-refractivity contribution is 6.18. The molecule has 0 aromatic heterocycles. The number of nitrogens with zero attached hydrogens (tertiary/aromatic N) is 2. The van der Waals surface area contributed by atoms with E-state index < -0.39 is 6.10 Å². The third-order valence-electron chi connectivity index (χ3n) is 3.19. The summed E-state index contributed by atoms with van der Waals surface area (Å²) in [6.45, 7) is 0.812. The highest BCUT2D eigenvalue weighted by atomic mass is 35.5. The number of imide groups is 1. The van der Waals surface area contributed by atoms with Crippen molar-refractivity contribution in [2.45, 2.75) is 19.1 Å². The van der Waals surface area contributed by atoms with Gasteiger partial charge >= 0.3 is 6.03 Å². The van der Waals surface area contributed by atoms with Gasteiger partial charge in [-0.15, -0.1) is 11.6 Å². The quantitative estimate of drug-likeness (QED) is 0.837. The first-order valence-electron chi connectivity index (χ1n) is 6.49. The van der Waals surface area contributed by atoms with E-state index in [4.69, 9.17) is 11.6 Å². The average molecular weight is 297 g/mol. The molecular weight excluding hydrogens is 280 g/mol. The minimum absolute atomic E-state index is 0.00422. The second kappa shape index (κ2) is 6.72. The highest BCUT2D eigenvalue weighted by Crippen LogP contribution is 2.15. The van der Waals surface area contributed by atoms with Gasteiger partial charge in [-0.1, -0.05) is 30.3 Å². The smallest absolute Gasteiger partial charge is 0.327 e. The molecule has 0 spiro atoms. The van der Waals surface area contributed by atoms with Crippen molar-refractivity contribution in [3.63, 3.8) is 0 Å². The SMILES string of the molecule is O=C1CCN(Cc2ccccc2)C(=O)N1CC(O)CCl. The van der Waals surface area contributed by atoms with Crippen LogP contribution < -0.4 is 0 Å². The van der Waals surface area contributed by atoms with Crippen LogP contribution in [0.5, 0.6) is 0 Å². The molecule has 1 saturated heterocycles. The molecule has 0 saturated carbocycles. The molecule has 5 nitrogen and oxygen atoms in total. The predicted molar refractivity (Wildman–Crippen MR) is 75.3 cm³/mol. The molecule has 0 aliphatic carbocycles. The molecule has 6 heteroatoms. The lowest BCUT2D eigenvalue weighted by Crippen LogP contribution is -2.54. The Morgan fingerprint density at radius 1 is 1.25 bits per heavy atom. The molecule has 1 atom stereocenters. The second-order valence-electron chi connectivity index (χ2n) is 4.75. The molecule has 0 bridgehead atoms.